The summed E-state index contributed by atoms with van der Waals surface area (Å²) in [7, 11) is 0. The molecule has 3 aliphatic rings. The number of hydrogen-bond donors (Lipinski definition) is 3. The molecule has 9 nitrogen and oxygen atoms in total. The summed E-state index contributed by atoms with van der Waals surface area (Å²) in [5.74, 6) is 0.0545. The van der Waals surface area contributed by atoms with Crippen molar-refractivity contribution in [1.82, 2.24) is 4.90 Å². The molecular weight excluding hydrogens is 254 g/mol. The smallest absolute Gasteiger partial charge is 0.352 e. The van der Waals surface area contributed by atoms with Crippen LogP contribution in [0.1, 0.15) is 6.42 Å². The number of urea groups is 1. The topological polar surface area (TPSA) is 131 Å². The lowest BCUT2D eigenvalue weighted by atomic mass is 10.2. The SMILES string of the molecule is N=C1N=CN=C2C1=NC(=O)N2C1CC(O)C(CO)O1. The fourth-order valence-electron chi connectivity index (χ4n) is 2.19. The maximum Gasteiger partial charge on any atom is 0.352 e. The molecule has 3 rings (SSSR count). The van der Waals surface area contributed by atoms with Crippen molar-refractivity contribution >= 4 is 29.8 Å². The molecule has 19 heavy (non-hydrogen) atoms. The summed E-state index contributed by atoms with van der Waals surface area (Å²) >= 11 is 0. The van der Waals surface area contributed by atoms with E-state index in [1.807, 2.05) is 0 Å². The van der Waals surface area contributed by atoms with Crippen molar-refractivity contribution in [2.45, 2.75) is 24.9 Å². The lowest BCUT2D eigenvalue weighted by Gasteiger charge is -2.23. The lowest BCUT2D eigenvalue weighted by Crippen LogP contribution is -2.44. The van der Waals surface area contributed by atoms with Crippen molar-refractivity contribution < 1.29 is 19.7 Å². The normalized spacial score (nSPS) is 33.6. The van der Waals surface area contributed by atoms with E-state index in [0.29, 0.717) is 0 Å². The average molecular weight is 265 g/mol. The molecule has 0 aromatic carbocycles. The van der Waals surface area contributed by atoms with E-state index in [1.165, 1.54) is 4.90 Å². The van der Waals surface area contributed by atoms with Gasteiger partial charge in [-0.05, 0) is 0 Å². The number of hydrogen-bond acceptors (Lipinski definition) is 6. The zero-order valence-corrected chi connectivity index (χ0v) is 9.72. The third-order valence-corrected chi connectivity index (χ3v) is 3.12. The first kappa shape index (κ1) is 12.1. The molecule has 0 aliphatic carbocycles. The molecule has 3 unspecified atom stereocenters. The Morgan fingerprint density at radius 3 is 3.05 bits per heavy atom. The molecule has 3 N–H and O–H groups in total. The van der Waals surface area contributed by atoms with Crippen LogP contribution >= 0.6 is 0 Å². The second-order valence-electron chi connectivity index (χ2n) is 4.27. The Labute approximate surface area is 107 Å². The maximum atomic E-state index is 11.9. The van der Waals surface area contributed by atoms with Crippen molar-refractivity contribution in [3.05, 3.63) is 0 Å². The highest BCUT2D eigenvalue weighted by Crippen LogP contribution is 2.27. The predicted molar refractivity (Wildman–Crippen MR) is 64.7 cm³/mol. The number of carbonyl (C=O) groups excluding carboxylic acids is 1. The molecule has 0 saturated carbocycles. The van der Waals surface area contributed by atoms with Crippen molar-refractivity contribution in [2.75, 3.05) is 6.61 Å². The van der Waals surface area contributed by atoms with Gasteiger partial charge in [-0.2, -0.15) is 4.99 Å². The van der Waals surface area contributed by atoms with Gasteiger partial charge in [-0.25, -0.2) is 19.7 Å². The maximum absolute atomic E-state index is 11.9. The monoisotopic (exact) mass is 265 g/mol. The Bertz CT molecular complexity index is 540. The number of amidine groups is 2. The third-order valence-electron chi connectivity index (χ3n) is 3.12. The van der Waals surface area contributed by atoms with Gasteiger partial charge in [-0.3, -0.25) is 5.41 Å². The van der Waals surface area contributed by atoms with Crippen molar-refractivity contribution in [2.24, 2.45) is 15.0 Å². The van der Waals surface area contributed by atoms with Crippen LogP contribution in [0.3, 0.4) is 0 Å². The van der Waals surface area contributed by atoms with E-state index in [0.717, 1.165) is 6.34 Å². The third kappa shape index (κ3) is 1.79. The molecule has 3 atom stereocenters. The van der Waals surface area contributed by atoms with E-state index in [4.69, 9.17) is 15.3 Å². The number of fused-ring (bicyclic) bond motifs is 1. The van der Waals surface area contributed by atoms with Gasteiger partial charge < -0.3 is 14.9 Å². The van der Waals surface area contributed by atoms with Gasteiger partial charge in [0.1, 0.15) is 18.7 Å². The van der Waals surface area contributed by atoms with Gasteiger partial charge in [-0.15, -0.1) is 0 Å². The molecule has 1 fully saturated rings. The highest BCUT2D eigenvalue weighted by Gasteiger charge is 2.45. The predicted octanol–water partition coefficient (Wildman–Crippen LogP) is -1.25. The summed E-state index contributed by atoms with van der Waals surface area (Å²) in [5, 5.41) is 26.3. The van der Waals surface area contributed by atoms with Gasteiger partial charge in [0.05, 0.1) is 12.7 Å². The van der Waals surface area contributed by atoms with E-state index in [9.17, 15) is 9.90 Å². The molecule has 3 aliphatic heterocycles. The Morgan fingerprint density at radius 1 is 1.58 bits per heavy atom. The standard InChI is InChI=1S/C10H11N5O4/c11-8-7-9(13-3-12-8)15(10(18)14-7)6-1-4(17)5(2-16)19-6/h3-6,11,16-17H,1-2H2. The molecule has 100 valence electrons. The minimum absolute atomic E-state index is 0.0954. The summed E-state index contributed by atoms with van der Waals surface area (Å²) in [6.07, 6.45) is -1.03. The minimum atomic E-state index is -0.857. The number of ether oxygens (including phenoxy) is 1. The van der Waals surface area contributed by atoms with Crippen molar-refractivity contribution in [3.63, 3.8) is 0 Å². The minimum Gasteiger partial charge on any atom is -0.394 e. The Hall–Kier alpha value is -1.97. The fourth-order valence-corrected chi connectivity index (χ4v) is 2.19. The zero-order valence-electron chi connectivity index (χ0n) is 9.72. The molecule has 0 aromatic rings. The zero-order chi connectivity index (χ0) is 13.6. The molecule has 0 aromatic heterocycles. The average Bonchev–Trinajstić information content (AvgIpc) is 2.90. The number of amides is 2. The van der Waals surface area contributed by atoms with E-state index in [2.05, 4.69) is 15.0 Å². The van der Waals surface area contributed by atoms with Gasteiger partial charge in [0.25, 0.3) is 0 Å². The van der Waals surface area contributed by atoms with Crippen LogP contribution in [0, 0.1) is 5.41 Å². The lowest BCUT2D eigenvalue weighted by molar-refractivity contribution is -0.0471. The summed E-state index contributed by atoms with van der Waals surface area (Å²) in [5.41, 5.74) is 0.0954. The van der Waals surface area contributed by atoms with Crippen LogP contribution in [0.4, 0.5) is 4.79 Å². The van der Waals surface area contributed by atoms with Crippen LogP contribution < -0.4 is 0 Å². The molecule has 0 spiro atoms. The molecule has 0 bridgehead atoms. The van der Waals surface area contributed by atoms with E-state index < -0.39 is 24.5 Å². The number of aliphatic hydroxyl groups is 2. The first-order chi connectivity index (χ1) is 9.11. The summed E-state index contributed by atoms with van der Waals surface area (Å²) in [4.78, 5) is 24.3. The number of rotatable bonds is 2. The molecule has 2 amide bonds. The van der Waals surface area contributed by atoms with E-state index >= 15 is 0 Å². The number of aliphatic imine (C=N–C) groups is 3. The summed E-state index contributed by atoms with van der Waals surface area (Å²) in [6, 6.07) is -0.611. The van der Waals surface area contributed by atoms with Gasteiger partial charge in [0, 0.05) is 6.42 Å². The van der Waals surface area contributed by atoms with Gasteiger partial charge in [-0.1, -0.05) is 0 Å². The molecule has 1 saturated heterocycles. The van der Waals surface area contributed by atoms with E-state index in [1.54, 1.807) is 0 Å². The summed E-state index contributed by atoms with van der Waals surface area (Å²) in [6.45, 7) is -0.336. The van der Waals surface area contributed by atoms with Gasteiger partial charge in [0.15, 0.2) is 17.4 Å². The largest absolute Gasteiger partial charge is 0.394 e. The highest BCUT2D eigenvalue weighted by atomic mass is 16.5. The van der Waals surface area contributed by atoms with E-state index in [-0.39, 0.29) is 30.4 Å². The van der Waals surface area contributed by atoms with Gasteiger partial charge >= 0.3 is 6.03 Å². The quantitative estimate of drug-likeness (QED) is 0.575. The Kier molecular flexibility index (Phi) is 2.73. The molecule has 0 radical (unpaired) electrons. The molecule has 9 heteroatoms. The highest BCUT2D eigenvalue weighted by molar-refractivity contribution is 6.72. The van der Waals surface area contributed by atoms with Crippen LogP contribution in [-0.4, -0.2) is 69.9 Å². The first-order valence-corrected chi connectivity index (χ1v) is 5.67. The number of nitrogens with zero attached hydrogens (tertiary/aromatic N) is 4. The van der Waals surface area contributed by atoms with Crippen molar-refractivity contribution in [1.29, 1.82) is 5.41 Å². The van der Waals surface area contributed by atoms with Crippen molar-refractivity contribution in [3.8, 4) is 0 Å². The van der Waals surface area contributed by atoms with Gasteiger partial charge in [0.2, 0.25) is 0 Å². The van der Waals surface area contributed by atoms with Crippen LogP contribution in [-0.2, 0) is 4.74 Å². The summed E-state index contributed by atoms with van der Waals surface area (Å²) < 4.78 is 5.40. The van der Waals surface area contributed by atoms with Crippen LogP contribution in [0.15, 0.2) is 15.0 Å². The number of aliphatic hydroxyl groups excluding tert-OH is 2. The van der Waals surface area contributed by atoms with Crippen LogP contribution in [0.25, 0.3) is 0 Å². The molecule has 3 heterocycles. The Balaban J connectivity index is 1.87. The second kappa shape index (κ2) is 4.30. The number of carbonyl (C=O) groups is 1. The van der Waals surface area contributed by atoms with Crippen LogP contribution in [0.5, 0.6) is 0 Å². The molecular formula is C10H11N5O4. The number of nitrogens with one attached hydrogen (secondary N) is 1. The van der Waals surface area contributed by atoms with Crippen LogP contribution in [0.2, 0.25) is 0 Å². The fraction of sp³-hybridized carbons (Fsp3) is 0.500. The second-order valence-corrected chi connectivity index (χ2v) is 4.27. The Morgan fingerprint density at radius 2 is 2.37 bits per heavy atom. The first-order valence-electron chi connectivity index (χ1n) is 5.67.